The second kappa shape index (κ2) is 8.22. The monoisotopic (exact) mass is 429 g/mol. The third-order valence-electron chi connectivity index (χ3n) is 3.20. The minimum absolute atomic E-state index is 0.313. The molecular weight excluding hydrogens is 417 g/mol. The van der Waals surface area contributed by atoms with E-state index in [4.69, 9.17) is 27.7 Å². The molecule has 0 spiro atoms. The highest BCUT2D eigenvalue weighted by Crippen LogP contribution is 2.25. The van der Waals surface area contributed by atoms with Gasteiger partial charge in [-0.15, -0.1) is 0 Å². The van der Waals surface area contributed by atoms with Crippen LogP contribution in [-0.4, -0.2) is 13.6 Å². The molecule has 0 aliphatic rings. The van der Waals surface area contributed by atoms with E-state index in [1.165, 1.54) is 6.07 Å². The van der Waals surface area contributed by atoms with Crippen LogP contribution in [0.25, 0.3) is 0 Å². The normalized spacial score (nSPS) is 13.2. The molecule has 3 aromatic rings. The van der Waals surface area contributed by atoms with E-state index in [-0.39, 0.29) is 0 Å². The molecule has 6 nitrogen and oxygen atoms in total. The van der Waals surface area contributed by atoms with Gasteiger partial charge in [0.2, 0.25) is 0 Å². The Morgan fingerprint density at radius 2 is 1.69 bits per heavy atom. The highest BCUT2D eigenvalue weighted by molar-refractivity contribution is 7.86. The fraction of sp³-hybridized carbons (Fsp3) is 0.0625. The molecule has 0 fully saturated rings. The number of halogens is 2. The number of hydrogen-bond donors (Lipinski definition) is 2. The molecule has 26 heavy (non-hydrogen) atoms. The van der Waals surface area contributed by atoms with E-state index in [0.29, 0.717) is 37.1 Å². The standard InChI is InChI=1S/C16H13Cl2N3O3S2/c1-10-8-16(19-24-10)21-25(22)13-5-3-12(4-6-13)20-26(23)15-7-2-11(17)9-14(15)18/h2-9,20H,1H3,(H,19,21). The Kier molecular flexibility index (Phi) is 5.98. The largest absolute Gasteiger partial charge is 0.360 e. The molecule has 0 aliphatic carbocycles. The molecule has 1 heterocycles. The number of benzene rings is 2. The second-order valence-electron chi connectivity index (χ2n) is 5.16. The van der Waals surface area contributed by atoms with E-state index in [2.05, 4.69) is 14.6 Å². The molecular formula is C16H13Cl2N3O3S2. The van der Waals surface area contributed by atoms with Crippen molar-refractivity contribution in [3.8, 4) is 0 Å². The SMILES string of the molecule is Cc1cc(NS(=O)c2ccc(NS(=O)c3ccc(Cl)cc3Cl)cc2)no1. The molecule has 2 aromatic carbocycles. The minimum Gasteiger partial charge on any atom is -0.360 e. The van der Waals surface area contributed by atoms with Gasteiger partial charge in [0.1, 0.15) is 5.76 Å². The fourth-order valence-corrected chi connectivity index (χ4v) is 4.30. The summed E-state index contributed by atoms with van der Waals surface area (Å²) in [5.74, 6) is 1.01. The highest BCUT2D eigenvalue weighted by Gasteiger charge is 2.11. The van der Waals surface area contributed by atoms with Gasteiger partial charge < -0.3 is 9.25 Å². The van der Waals surface area contributed by atoms with Crippen LogP contribution >= 0.6 is 23.2 Å². The molecule has 0 bridgehead atoms. The first-order valence-corrected chi connectivity index (χ1v) is 10.3. The van der Waals surface area contributed by atoms with Crippen LogP contribution in [0, 0.1) is 6.92 Å². The number of aryl methyl sites for hydroxylation is 1. The Morgan fingerprint density at radius 3 is 2.31 bits per heavy atom. The number of rotatable bonds is 6. The van der Waals surface area contributed by atoms with Crippen molar-refractivity contribution in [1.82, 2.24) is 5.16 Å². The van der Waals surface area contributed by atoms with E-state index in [0.717, 1.165) is 0 Å². The predicted octanol–water partition coefficient (Wildman–Crippen LogP) is 4.56. The summed E-state index contributed by atoms with van der Waals surface area (Å²) in [6.07, 6.45) is 0. The fourth-order valence-electron chi connectivity index (χ4n) is 2.00. The quantitative estimate of drug-likeness (QED) is 0.601. The van der Waals surface area contributed by atoms with Crippen LogP contribution in [0.2, 0.25) is 10.0 Å². The van der Waals surface area contributed by atoms with E-state index in [1.54, 1.807) is 49.4 Å². The molecule has 10 heteroatoms. The summed E-state index contributed by atoms with van der Waals surface area (Å²) in [4.78, 5) is 0.957. The number of anilines is 2. The third kappa shape index (κ3) is 4.64. The van der Waals surface area contributed by atoms with Gasteiger partial charge in [0.15, 0.2) is 27.8 Å². The second-order valence-corrected chi connectivity index (χ2v) is 8.40. The van der Waals surface area contributed by atoms with Gasteiger partial charge in [0.25, 0.3) is 0 Å². The lowest BCUT2D eigenvalue weighted by molar-refractivity contribution is 0.400. The van der Waals surface area contributed by atoms with Crippen molar-refractivity contribution in [1.29, 1.82) is 0 Å². The van der Waals surface area contributed by atoms with Crippen molar-refractivity contribution >= 4 is 56.7 Å². The third-order valence-corrected chi connectivity index (χ3v) is 6.13. The Morgan fingerprint density at radius 1 is 0.962 bits per heavy atom. The van der Waals surface area contributed by atoms with E-state index in [9.17, 15) is 8.42 Å². The average molecular weight is 430 g/mol. The zero-order valence-electron chi connectivity index (χ0n) is 13.4. The van der Waals surface area contributed by atoms with Gasteiger partial charge in [0.05, 0.1) is 14.8 Å². The zero-order valence-corrected chi connectivity index (χ0v) is 16.5. The minimum atomic E-state index is -1.55. The first-order valence-electron chi connectivity index (χ1n) is 7.27. The number of aromatic nitrogens is 1. The Labute approximate surface area is 165 Å². The summed E-state index contributed by atoms with van der Waals surface area (Å²) in [6, 6.07) is 13.0. The topological polar surface area (TPSA) is 84.2 Å². The predicted molar refractivity (Wildman–Crippen MR) is 104 cm³/mol. The van der Waals surface area contributed by atoms with Gasteiger partial charge >= 0.3 is 0 Å². The van der Waals surface area contributed by atoms with Crippen molar-refractivity contribution in [2.45, 2.75) is 16.7 Å². The van der Waals surface area contributed by atoms with E-state index in [1.807, 2.05) is 0 Å². The van der Waals surface area contributed by atoms with Crippen molar-refractivity contribution in [2.24, 2.45) is 0 Å². The van der Waals surface area contributed by atoms with Gasteiger partial charge in [-0.05, 0) is 49.4 Å². The van der Waals surface area contributed by atoms with Gasteiger partial charge in [0, 0.05) is 16.8 Å². The highest BCUT2D eigenvalue weighted by atomic mass is 35.5. The Balaban J connectivity index is 1.67. The van der Waals surface area contributed by atoms with Crippen molar-refractivity contribution in [3.63, 3.8) is 0 Å². The van der Waals surface area contributed by atoms with E-state index < -0.39 is 22.0 Å². The maximum atomic E-state index is 12.4. The lowest BCUT2D eigenvalue weighted by Crippen LogP contribution is -2.07. The van der Waals surface area contributed by atoms with Crippen molar-refractivity contribution in [2.75, 3.05) is 9.44 Å². The van der Waals surface area contributed by atoms with E-state index >= 15 is 0 Å². The first-order chi connectivity index (χ1) is 12.4. The zero-order chi connectivity index (χ0) is 18.7. The summed E-state index contributed by atoms with van der Waals surface area (Å²) in [5, 5.41) is 4.52. The summed E-state index contributed by atoms with van der Waals surface area (Å²) in [5.41, 5.74) is 0.590. The summed E-state index contributed by atoms with van der Waals surface area (Å²) < 4.78 is 35.1. The lowest BCUT2D eigenvalue weighted by Gasteiger charge is -2.09. The molecule has 0 radical (unpaired) electrons. The van der Waals surface area contributed by atoms with Crippen LogP contribution < -0.4 is 9.44 Å². The molecule has 136 valence electrons. The van der Waals surface area contributed by atoms with Crippen LogP contribution in [0.4, 0.5) is 11.5 Å². The first kappa shape index (κ1) is 18.9. The van der Waals surface area contributed by atoms with Crippen LogP contribution in [-0.2, 0) is 22.0 Å². The summed E-state index contributed by atoms with van der Waals surface area (Å²) >= 11 is 11.9. The Hall–Kier alpha value is -1.87. The average Bonchev–Trinajstić information content (AvgIpc) is 3.00. The molecule has 0 amide bonds. The maximum absolute atomic E-state index is 12.4. The molecule has 0 saturated carbocycles. The van der Waals surface area contributed by atoms with Crippen molar-refractivity contribution < 1.29 is 12.9 Å². The smallest absolute Gasteiger partial charge is 0.181 e. The molecule has 1 aromatic heterocycles. The van der Waals surface area contributed by atoms with Gasteiger partial charge in [-0.1, -0.05) is 28.4 Å². The van der Waals surface area contributed by atoms with Gasteiger partial charge in [-0.25, -0.2) is 8.42 Å². The van der Waals surface area contributed by atoms with Crippen LogP contribution in [0.3, 0.4) is 0 Å². The molecule has 0 saturated heterocycles. The number of nitrogens with zero attached hydrogens (tertiary/aromatic N) is 1. The molecule has 2 unspecified atom stereocenters. The maximum Gasteiger partial charge on any atom is 0.181 e. The Bertz CT molecular complexity index is 977. The molecule has 3 rings (SSSR count). The van der Waals surface area contributed by atoms with Crippen LogP contribution in [0.1, 0.15) is 5.76 Å². The lowest BCUT2D eigenvalue weighted by atomic mass is 10.3. The number of hydrogen-bond acceptors (Lipinski definition) is 4. The summed E-state index contributed by atoms with van der Waals surface area (Å²) in [6.45, 7) is 1.74. The van der Waals surface area contributed by atoms with Gasteiger partial charge in [-0.3, -0.25) is 4.72 Å². The van der Waals surface area contributed by atoms with Crippen molar-refractivity contribution in [3.05, 3.63) is 64.3 Å². The number of nitrogens with one attached hydrogen (secondary N) is 2. The molecule has 0 aliphatic heterocycles. The molecule has 2 atom stereocenters. The van der Waals surface area contributed by atoms with Gasteiger partial charge in [-0.2, -0.15) is 0 Å². The summed E-state index contributed by atoms with van der Waals surface area (Å²) in [7, 11) is -3.05. The van der Waals surface area contributed by atoms with Crippen LogP contribution in [0.15, 0.2) is 62.8 Å². The molecule has 2 N–H and O–H groups in total. The van der Waals surface area contributed by atoms with Crippen LogP contribution in [0.5, 0.6) is 0 Å².